The number of primary amides is 1. The Labute approximate surface area is 291 Å². The van der Waals surface area contributed by atoms with Gasteiger partial charge in [-0.3, -0.25) is 19.2 Å². The van der Waals surface area contributed by atoms with Crippen molar-refractivity contribution in [2.24, 2.45) is 11.7 Å². The Morgan fingerprint density at radius 2 is 1.78 bits per heavy atom. The highest BCUT2D eigenvalue weighted by Gasteiger charge is 2.30. The van der Waals surface area contributed by atoms with Gasteiger partial charge < -0.3 is 35.9 Å². The fourth-order valence-electron chi connectivity index (χ4n) is 4.83. The molecule has 6 N–H and O–H groups in total. The van der Waals surface area contributed by atoms with E-state index in [9.17, 15) is 28.4 Å². The lowest BCUT2D eigenvalue weighted by Gasteiger charge is -2.26. The second-order valence-corrected chi connectivity index (χ2v) is 12.3. The molecule has 0 aliphatic heterocycles. The number of aryl methyl sites for hydroxylation is 1. The summed E-state index contributed by atoms with van der Waals surface area (Å²) in [6.07, 6.45) is 2.26. The van der Waals surface area contributed by atoms with Crippen LogP contribution < -0.4 is 21.7 Å². The number of carbonyl (C=O) groups excluding carboxylic acids is 5. The van der Waals surface area contributed by atoms with Crippen LogP contribution in [0.25, 0.3) is 11.0 Å². The summed E-state index contributed by atoms with van der Waals surface area (Å²) in [5.74, 6) is -3.50. The molecule has 0 spiro atoms. The van der Waals surface area contributed by atoms with E-state index in [0.717, 1.165) is 6.08 Å². The van der Waals surface area contributed by atoms with Crippen LogP contribution in [0.1, 0.15) is 54.3 Å². The summed E-state index contributed by atoms with van der Waals surface area (Å²) < 4.78 is 23.9. The molecule has 2 aromatic carbocycles. The highest BCUT2D eigenvalue weighted by molar-refractivity contribution is 6.31. The summed E-state index contributed by atoms with van der Waals surface area (Å²) in [5, 5.41) is 12.2. The SMILES string of the molecule is Cc1cc(C(=O)N[C@H](C(=O)N[C@@H](Cc2ccc(F)cc2)C(=O)N[C@@H](/C=C/C(=O)OCc2nc3ccc(Cl)cc3[nH]2)CCC(N)=O)C(C)C)no1. The normalized spacial score (nSPS) is 13.2. The quantitative estimate of drug-likeness (QED) is 0.0853. The maximum Gasteiger partial charge on any atom is 0.330 e. The van der Waals surface area contributed by atoms with Crippen molar-refractivity contribution in [3.05, 3.63) is 94.4 Å². The maximum atomic E-state index is 13.7. The summed E-state index contributed by atoms with van der Waals surface area (Å²) in [5.41, 5.74) is 7.16. The zero-order chi connectivity index (χ0) is 36.4. The van der Waals surface area contributed by atoms with E-state index in [1.807, 2.05) is 0 Å². The van der Waals surface area contributed by atoms with E-state index < -0.39 is 59.5 Å². The molecule has 0 bridgehead atoms. The topological polar surface area (TPSA) is 211 Å². The van der Waals surface area contributed by atoms with E-state index in [2.05, 4.69) is 31.1 Å². The van der Waals surface area contributed by atoms with E-state index in [1.54, 1.807) is 39.0 Å². The highest BCUT2D eigenvalue weighted by Crippen LogP contribution is 2.17. The number of rotatable bonds is 16. The van der Waals surface area contributed by atoms with Crippen molar-refractivity contribution in [1.82, 2.24) is 31.1 Å². The molecule has 14 nitrogen and oxygen atoms in total. The number of imidazole rings is 1. The van der Waals surface area contributed by atoms with Crippen LogP contribution in [0.2, 0.25) is 5.02 Å². The first-order chi connectivity index (χ1) is 23.8. The largest absolute Gasteiger partial charge is 0.454 e. The Balaban J connectivity index is 1.47. The average Bonchev–Trinajstić information content (AvgIpc) is 3.69. The van der Waals surface area contributed by atoms with Crippen LogP contribution >= 0.6 is 11.6 Å². The van der Waals surface area contributed by atoms with Crippen LogP contribution in [0.15, 0.2) is 65.2 Å². The average molecular weight is 710 g/mol. The molecule has 16 heteroatoms. The number of fused-ring (bicyclic) bond motifs is 1. The fraction of sp³-hybridized carbons (Fsp3) is 0.324. The van der Waals surface area contributed by atoms with Gasteiger partial charge in [-0.1, -0.05) is 48.8 Å². The number of H-pyrrole nitrogens is 1. The van der Waals surface area contributed by atoms with Gasteiger partial charge in [0.2, 0.25) is 17.7 Å². The number of ether oxygens (including phenoxy) is 1. The smallest absolute Gasteiger partial charge is 0.330 e. The third-order valence-electron chi connectivity index (χ3n) is 7.42. The van der Waals surface area contributed by atoms with Crippen molar-refractivity contribution >= 4 is 52.2 Å². The van der Waals surface area contributed by atoms with Gasteiger partial charge in [-0.05, 0) is 55.2 Å². The van der Waals surface area contributed by atoms with Gasteiger partial charge >= 0.3 is 5.97 Å². The predicted molar refractivity (Wildman–Crippen MR) is 180 cm³/mol. The lowest BCUT2D eigenvalue weighted by molar-refractivity contribution is -0.139. The van der Waals surface area contributed by atoms with Crippen molar-refractivity contribution in [2.45, 2.75) is 64.8 Å². The Bertz CT molecular complexity index is 1870. The molecular weight excluding hydrogens is 673 g/mol. The number of hydrogen-bond donors (Lipinski definition) is 5. The fourth-order valence-corrected chi connectivity index (χ4v) is 5.01. The molecule has 264 valence electrons. The third kappa shape index (κ3) is 11.0. The number of aromatic nitrogens is 3. The summed E-state index contributed by atoms with van der Waals surface area (Å²) in [6.45, 7) is 4.86. The predicted octanol–water partition coefficient (Wildman–Crippen LogP) is 3.18. The van der Waals surface area contributed by atoms with Crippen LogP contribution in [0.4, 0.5) is 4.39 Å². The number of amides is 4. The van der Waals surface area contributed by atoms with E-state index >= 15 is 0 Å². The van der Waals surface area contributed by atoms with Crippen molar-refractivity contribution in [3.63, 3.8) is 0 Å². The van der Waals surface area contributed by atoms with Crippen LogP contribution in [-0.2, 0) is 36.9 Å². The Morgan fingerprint density at radius 1 is 1.04 bits per heavy atom. The lowest BCUT2D eigenvalue weighted by Crippen LogP contribution is -2.56. The first kappa shape index (κ1) is 37.3. The monoisotopic (exact) mass is 709 g/mol. The number of aromatic amines is 1. The van der Waals surface area contributed by atoms with Gasteiger partial charge in [-0.25, -0.2) is 14.2 Å². The van der Waals surface area contributed by atoms with Crippen LogP contribution in [-0.4, -0.2) is 62.8 Å². The van der Waals surface area contributed by atoms with Crippen molar-refractivity contribution in [2.75, 3.05) is 0 Å². The molecule has 0 saturated carbocycles. The van der Waals surface area contributed by atoms with E-state index in [4.69, 9.17) is 26.6 Å². The molecule has 4 rings (SSSR count). The molecule has 0 aliphatic carbocycles. The Morgan fingerprint density at radius 3 is 2.44 bits per heavy atom. The summed E-state index contributed by atoms with van der Waals surface area (Å²) >= 11 is 6.01. The maximum absolute atomic E-state index is 13.7. The Kier molecular flexibility index (Phi) is 12.8. The summed E-state index contributed by atoms with van der Waals surface area (Å²) in [6, 6.07) is 8.68. The van der Waals surface area contributed by atoms with E-state index in [0.29, 0.717) is 33.2 Å². The number of hydrogen-bond acceptors (Lipinski definition) is 9. The van der Waals surface area contributed by atoms with Gasteiger partial charge in [0.05, 0.1) is 11.0 Å². The molecule has 2 heterocycles. The van der Waals surface area contributed by atoms with Gasteiger partial charge in [0.25, 0.3) is 5.91 Å². The molecule has 0 radical (unpaired) electrons. The first-order valence-corrected chi connectivity index (χ1v) is 16.0. The number of nitrogens with two attached hydrogens (primary N) is 1. The number of esters is 1. The van der Waals surface area contributed by atoms with Gasteiger partial charge in [0.1, 0.15) is 36.1 Å². The molecule has 0 fully saturated rings. The van der Waals surface area contributed by atoms with Crippen LogP contribution in [0.5, 0.6) is 0 Å². The van der Waals surface area contributed by atoms with Crippen molar-refractivity contribution < 1.29 is 37.6 Å². The molecule has 4 aromatic rings. The van der Waals surface area contributed by atoms with E-state index in [-0.39, 0.29) is 31.6 Å². The van der Waals surface area contributed by atoms with Crippen LogP contribution in [0, 0.1) is 18.7 Å². The van der Waals surface area contributed by atoms with Gasteiger partial charge in [0.15, 0.2) is 5.69 Å². The van der Waals surface area contributed by atoms with Crippen molar-refractivity contribution in [1.29, 1.82) is 0 Å². The van der Waals surface area contributed by atoms with Gasteiger partial charge in [0, 0.05) is 36.0 Å². The first-order valence-electron chi connectivity index (χ1n) is 15.6. The van der Waals surface area contributed by atoms with Gasteiger partial charge in [-0.15, -0.1) is 0 Å². The molecule has 2 aromatic heterocycles. The van der Waals surface area contributed by atoms with Gasteiger partial charge in [-0.2, -0.15) is 0 Å². The zero-order valence-corrected chi connectivity index (χ0v) is 28.3. The number of benzene rings is 2. The highest BCUT2D eigenvalue weighted by atomic mass is 35.5. The zero-order valence-electron chi connectivity index (χ0n) is 27.5. The minimum atomic E-state index is -1.22. The Hall–Kier alpha value is -5.57. The molecule has 50 heavy (non-hydrogen) atoms. The number of nitrogens with one attached hydrogen (secondary N) is 4. The van der Waals surface area contributed by atoms with Crippen molar-refractivity contribution in [3.8, 4) is 0 Å². The lowest BCUT2D eigenvalue weighted by atomic mass is 10.00. The second-order valence-electron chi connectivity index (χ2n) is 11.8. The number of carbonyl (C=O) groups is 5. The molecule has 4 amide bonds. The molecule has 0 saturated heterocycles. The standard InChI is InChI=1S/C34H37ClFN7O7/c1-18(2)31(42-33(47)27-14-19(3)50-43-27)34(48)41-26(15-20-4-7-22(36)8-5-20)32(46)38-23(9-12-28(37)44)10-13-30(45)49-17-29-39-24-11-6-21(35)16-25(24)40-29/h4-8,10-11,13-14,16,18,23,26,31H,9,12,15,17H2,1-3H3,(H2,37,44)(H,38,46)(H,39,40)(H,41,48)(H,42,47)/b13-10+/t23-,26+,31+/m1/s1. The molecule has 0 aliphatic rings. The molecule has 0 unspecified atom stereocenters. The second kappa shape index (κ2) is 17.2. The molecule has 3 atom stereocenters. The summed E-state index contributed by atoms with van der Waals surface area (Å²) in [7, 11) is 0. The molecular formula is C34H37ClFN7O7. The van der Waals surface area contributed by atoms with Crippen LogP contribution in [0.3, 0.4) is 0 Å². The number of nitrogens with zero attached hydrogens (tertiary/aromatic N) is 2. The third-order valence-corrected chi connectivity index (χ3v) is 7.66. The minimum Gasteiger partial charge on any atom is -0.454 e. The number of halogens is 2. The summed E-state index contributed by atoms with van der Waals surface area (Å²) in [4.78, 5) is 71.6. The minimum absolute atomic E-state index is 0.0216. The van der Waals surface area contributed by atoms with E-state index in [1.165, 1.54) is 36.4 Å².